The molecule has 3 rings (SSSR count). The Balaban J connectivity index is 1.56. The summed E-state index contributed by atoms with van der Waals surface area (Å²) in [7, 11) is 0. The predicted octanol–water partition coefficient (Wildman–Crippen LogP) is 0.710. The lowest BCUT2D eigenvalue weighted by atomic mass is 10.2. The molecule has 24 heavy (non-hydrogen) atoms. The van der Waals surface area contributed by atoms with Gasteiger partial charge in [-0.1, -0.05) is 0 Å². The third kappa shape index (κ3) is 4.15. The standard InChI is InChI=1S/C16H22N6O2/c1-12-8-19-22(9-12)11-14-10-21(6-7-24-14)13(2)15(23)20-16-17-4-3-5-18-16/h3-5,8-9,13-14H,6-7,10-11H2,1-2H3,(H,17,18,20,23)/t13-,14+/m1/s1. The molecule has 1 N–H and O–H groups in total. The lowest BCUT2D eigenvalue weighted by Crippen LogP contribution is -2.51. The van der Waals surface area contributed by atoms with Crippen molar-refractivity contribution in [2.75, 3.05) is 25.0 Å². The average Bonchev–Trinajstić information content (AvgIpc) is 3.00. The van der Waals surface area contributed by atoms with Crippen LogP contribution in [-0.2, 0) is 16.1 Å². The summed E-state index contributed by atoms with van der Waals surface area (Å²) in [6.07, 6.45) is 7.04. The maximum atomic E-state index is 12.4. The number of amides is 1. The minimum atomic E-state index is -0.278. The fourth-order valence-corrected chi connectivity index (χ4v) is 2.72. The van der Waals surface area contributed by atoms with Crippen molar-refractivity contribution in [1.82, 2.24) is 24.6 Å². The van der Waals surface area contributed by atoms with Crippen molar-refractivity contribution in [3.05, 3.63) is 36.4 Å². The van der Waals surface area contributed by atoms with Crippen molar-refractivity contribution in [2.45, 2.75) is 32.5 Å². The number of carbonyl (C=O) groups excluding carboxylic acids is 1. The van der Waals surface area contributed by atoms with Crippen LogP contribution < -0.4 is 5.32 Å². The summed E-state index contributed by atoms with van der Waals surface area (Å²) in [6, 6.07) is 1.43. The molecule has 128 valence electrons. The molecule has 0 aliphatic carbocycles. The van der Waals surface area contributed by atoms with Crippen molar-refractivity contribution < 1.29 is 9.53 Å². The van der Waals surface area contributed by atoms with Gasteiger partial charge in [0.15, 0.2) is 0 Å². The molecule has 8 heteroatoms. The van der Waals surface area contributed by atoms with Crippen LogP contribution in [0.4, 0.5) is 5.95 Å². The first kappa shape index (κ1) is 16.5. The van der Waals surface area contributed by atoms with Crippen molar-refractivity contribution in [3.8, 4) is 0 Å². The molecule has 1 amide bonds. The second-order valence-electron chi connectivity index (χ2n) is 5.97. The first-order chi connectivity index (χ1) is 11.6. The molecule has 8 nitrogen and oxygen atoms in total. The molecule has 1 aliphatic heterocycles. The first-order valence-electron chi connectivity index (χ1n) is 8.04. The highest BCUT2D eigenvalue weighted by Gasteiger charge is 2.28. The normalized spacial score (nSPS) is 19.8. The Kier molecular flexibility index (Phi) is 5.17. The van der Waals surface area contributed by atoms with E-state index in [0.29, 0.717) is 25.6 Å². The quantitative estimate of drug-likeness (QED) is 0.869. The number of nitrogens with zero attached hydrogens (tertiary/aromatic N) is 5. The number of aryl methyl sites for hydroxylation is 1. The Morgan fingerprint density at radius 1 is 1.46 bits per heavy atom. The molecule has 0 unspecified atom stereocenters. The number of anilines is 1. The van der Waals surface area contributed by atoms with Gasteiger partial charge in [0.1, 0.15) is 0 Å². The highest BCUT2D eigenvalue weighted by Crippen LogP contribution is 2.12. The van der Waals surface area contributed by atoms with Gasteiger partial charge in [-0.25, -0.2) is 9.97 Å². The summed E-state index contributed by atoms with van der Waals surface area (Å²) >= 11 is 0. The van der Waals surface area contributed by atoms with E-state index in [4.69, 9.17) is 4.74 Å². The average molecular weight is 330 g/mol. The van der Waals surface area contributed by atoms with E-state index in [9.17, 15) is 4.79 Å². The first-order valence-corrected chi connectivity index (χ1v) is 8.04. The fourth-order valence-electron chi connectivity index (χ4n) is 2.72. The van der Waals surface area contributed by atoms with Crippen LogP contribution in [0.25, 0.3) is 0 Å². The summed E-state index contributed by atoms with van der Waals surface area (Å²) in [5.41, 5.74) is 1.12. The van der Waals surface area contributed by atoms with Gasteiger partial charge in [-0.3, -0.25) is 19.7 Å². The third-order valence-corrected chi connectivity index (χ3v) is 4.05. The molecule has 0 bridgehead atoms. The Hall–Kier alpha value is -2.32. The monoisotopic (exact) mass is 330 g/mol. The van der Waals surface area contributed by atoms with Crippen LogP contribution in [0.1, 0.15) is 12.5 Å². The van der Waals surface area contributed by atoms with Crippen LogP contribution in [0, 0.1) is 6.92 Å². The molecule has 1 aliphatic rings. The molecule has 1 fully saturated rings. The van der Waals surface area contributed by atoms with Gasteiger partial charge in [0.25, 0.3) is 0 Å². The zero-order chi connectivity index (χ0) is 16.9. The maximum Gasteiger partial charge on any atom is 0.243 e. The molecule has 2 aromatic rings. The van der Waals surface area contributed by atoms with Gasteiger partial charge in [0.2, 0.25) is 11.9 Å². The molecule has 0 saturated carbocycles. The minimum Gasteiger partial charge on any atom is -0.374 e. The summed E-state index contributed by atoms with van der Waals surface area (Å²) in [6.45, 7) is 6.58. The SMILES string of the molecule is Cc1cnn(C[C@@H]2CN([C@H](C)C(=O)Nc3ncccn3)CCO2)c1. The lowest BCUT2D eigenvalue weighted by Gasteiger charge is -2.35. The molecule has 2 aromatic heterocycles. The number of hydrogen-bond acceptors (Lipinski definition) is 6. The molecule has 3 heterocycles. The largest absolute Gasteiger partial charge is 0.374 e. The van der Waals surface area contributed by atoms with E-state index >= 15 is 0 Å². The molecule has 0 radical (unpaired) electrons. The number of rotatable bonds is 5. The van der Waals surface area contributed by atoms with Crippen LogP contribution in [0.3, 0.4) is 0 Å². The van der Waals surface area contributed by atoms with Crippen LogP contribution >= 0.6 is 0 Å². The second-order valence-corrected chi connectivity index (χ2v) is 5.97. The smallest absolute Gasteiger partial charge is 0.243 e. The van der Waals surface area contributed by atoms with E-state index in [0.717, 1.165) is 12.1 Å². The van der Waals surface area contributed by atoms with Crippen molar-refractivity contribution >= 4 is 11.9 Å². The van der Waals surface area contributed by atoms with Gasteiger partial charge < -0.3 is 4.74 Å². The molecule has 0 spiro atoms. The number of carbonyl (C=O) groups is 1. The number of nitrogens with one attached hydrogen (secondary N) is 1. The van der Waals surface area contributed by atoms with E-state index in [-0.39, 0.29) is 18.1 Å². The van der Waals surface area contributed by atoms with Crippen molar-refractivity contribution in [1.29, 1.82) is 0 Å². The number of aromatic nitrogens is 4. The topological polar surface area (TPSA) is 85.2 Å². The minimum absolute atomic E-state index is 0.0151. The molecular weight excluding hydrogens is 308 g/mol. The van der Waals surface area contributed by atoms with Gasteiger partial charge in [0, 0.05) is 31.7 Å². The van der Waals surface area contributed by atoms with E-state index in [1.807, 2.05) is 30.9 Å². The summed E-state index contributed by atoms with van der Waals surface area (Å²) in [5.74, 6) is 0.211. The van der Waals surface area contributed by atoms with E-state index < -0.39 is 0 Å². The van der Waals surface area contributed by atoms with E-state index in [1.165, 1.54) is 0 Å². The predicted molar refractivity (Wildman–Crippen MR) is 88.4 cm³/mol. The highest BCUT2D eigenvalue weighted by molar-refractivity contribution is 5.93. The number of ether oxygens (including phenoxy) is 1. The van der Waals surface area contributed by atoms with Gasteiger partial charge in [-0.2, -0.15) is 5.10 Å². The Morgan fingerprint density at radius 3 is 2.96 bits per heavy atom. The molecule has 2 atom stereocenters. The fraction of sp³-hybridized carbons (Fsp3) is 0.500. The molecule has 1 saturated heterocycles. The Bertz CT molecular complexity index is 674. The Morgan fingerprint density at radius 2 is 2.25 bits per heavy atom. The van der Waals surface area contributed by atoms with Gasteiger partial charge in [-0.05, 0) is 25.5 Å². The van der Waals surface area contributed by atoms with Crippen LogP contribution in [0.2, 0.25) is 0 Å². The van der Waals surface area contributed by atoms with E-state index in [1.54, 1.807) is 18.5 Å². The summed E-state index contributed by atoms with van der Waals surface area (Å²) in [4.78, 5) is 22.5. The van der Waals surface area contributed by atoms with Crippen LogP contribution in [0.5, 0.6) is 0 Å². The zero-order valence-corrected chi connectivity index (χ0v) is 13.9. The summed E-state index contributed by atoms with van der Waals surface area (Å²) in [5, 5.41) is 7.04. The lowest BCUT2D eigenvalue weighted by molar-refractivity contribution is -0.124. The Labute approximate surface area is 140 Å². The number of morpholine rings is 1. The third-order valence-electron chi connectivity index (χ3n) is 4.05. The number of hydrogen-bond donors (Lipinski definition) is 1. The highest BCUT2D eigenvalue weighted by atomic mass is 16.5. The molecular formula is C16H22N6O2. The molecule has 0 aromatic carbocycles. The van der Waals surface area contributed by atoms with Gasteiger partial charge >= 0.3 is 0 Å². The van der Waals surface area contributed by atoms with Gasteiger partial charge in [-0.15, -0.1) is 0 Å². The van der Waals surface area contributed by atoms with Crippen molar-refractivity contribution in [3.63, 3.8) is 0 Å². The zero-order valence-electron chi connectivity index (χ0n) is 13.9. The second kappa shape index (κ2) is 7.50. The van der Waals surface area contributed by atoms with Crippen LogP contribution in [-0.4, -0.2) is 62.4 Å². The maximum absolute atomic E-state index is 12.4. The van der Waals surface area contributed by atoms with Crippen LogP contribution in [0.15, 0.2) is 30.9 Å². The van der Waals surface area contributed by atoms with E-state index in [2.05, 4.69) is 25.3 Å². The van der Waals surface area contributed by atoms with Gasteiger partial charge in [0.05, 0.1) is 31.5 Å². The van der Waals surface area contributed by atoms with Crippen molar-refractivity contribution in [2.24, 2.45) is 0 Å². The summed E-state index contributed by atoms with van der Waals surface area (Å²) < 4.78 is 7.69.